The van der Waals surface area contributed by atoms with Crippen molar-refractivity contribution in [3.05, 3.63) is 58.9 Å². The number of hydrogen-bond acceptors (Lipinski definition) is 2. The van der Waals surface area contributed by atoms with Gasteiger partial charge in [-0.05, 0) is 29.7 Å². The Kier molecular flexibility index (Phi) is 3.64. The molecule has 0 bridgehead atoms. The Morgan fingerprint density at radius 2 is 1.67 bits per heavy atom. The number of benzene rings is 2. The molecule has 0 radical (unpaired) electrons. The summed E-state index contributed by atoms with van der Waals surface area (Å²) in [5.41, 5.74) is 2.98. The van der Waals surface area contributed by atoms with E-state index in [2.05, 4.69) is 48.1 Å². The van der Waals surface area contributed by atoms with Gasteiger partial charge in [0.15, 0.2) is 5.82 Å². The lowest BCUT2D eigenvalue weighted by Crippen LogP contribution is -2.01. The maximum absolute atomic E-state index is 6.35. The van der Waals surface area contributed by atoms with E-state index < -0.39 is 0 Å². The van der Waals surface area contributed by atoms with Crippen LogP contribution in [0.3, 0.4) is 0 Å². The van der Waals surface area contributed by atoms with Crippen molar-refractivity contribution in [1.82, 2.24) is 9.97 Å². The van der Waals surface area contributed by atoms with E-state index in [9.17, 15) is 0 Å². The maximum Gasteiger partial charge on any atom is 0.161 e. The number of fused-ring (bicyclic) bond motifs is 1. The fraction of sp³-hybridized carbons (Fsp3) is 0.222. The van der Waals surface area contributed by atoms with Gasteiger partial charge in [-0.3, -0.25) is 0 Å². The van der Waals surface area contributed by atoms with Gasteiger partial charge in [0.1, 0.15) is 5.15 Å². The van der Waals surface area contributed by atoms with Crippen LogP contribution in [0.2, 0.25) is 5.15 Å². The number of aryl methyl sites for hydroxylation is 1. The van der Waals surface area contributed by atoms with Gasteiger partial charge in [0.25, 0.3) is 0 Å². The first-order valence-corrected chi connectivity index (χ1v) is 7.47. The van der Waals surface area contributed by atoms with E-state index in [1.807, 2.05) is 25.1 Å². The fourth-order valence-corrected chi connectivity index (χ4v) is 3.10. The van der Waals surface area contributed by atoms with Crippen molar-refractivity contribution >= 4 is 22.4 Å². The molecule has 0 aliphatic heterocycles. The summed E-state index contributed by atoms with van der Waals surface area (Å²) in [6.07, 6.45) is 0. The molecule has 0 N–H and O–H groups in total. The second kappa shape index (κ2) is 5.45. The number of rotatable bonds is 2. The molecule has 0 saturated carbocycles. The molecule has 0 aliphatic carbocycles. The molecule has 106 valence electrons. The number of halogens is 1. The first-order valence-electron chi connectivity index (χ1n) is 7.09. The van der Waals surface area contributed by atoms with Crippen molar-refractivity contribution < 1.29 is 0 Å². The maximum atomic E-state index is 6.35. The molecule has 3 aromatic rings. The third-order valence-electron chi connectivity index (χ3n) is 3.67. The van der Waals surface area contributed by atoms with Crippen LogP contribution in [-0.2, 0) is 0 Å². The predicted molar refractivity (Wildman–Crippen MR) is 88.8 cm³/mol. The molecule has 3 heteroatoms. The monoisotopic (exact) mass is 296 g/mol. The van der Waals surface area contributed by atoms with E-state index in [0.717, 1.165) is 16.8 Å². The highest BCUT2D eigenvalue weighted by Crippen LogP contribution is 2.29. The van der Waals surface area contributed by atoms with E-state index in [1.165, 1.54) is 10.8 Å². The molecule has 2 nitrogen and oxygen atoms in total. The zero-order valence-electron chi connectivity index (χ0n) is 12.4. The molecule has 3 rings (SSSR count). The summed E-state index contributed by atoms with van der Waals surface area (Å²) in [5.74, 6) is 1.01. The number of hydrogen-bond donors (Lipinski definition) is 0. The van der Waals surface area contributed by atoms with Gasteiger partial charge in [0.2, 0.25) is 0 Å². The first-order chi connectivity index (χ1) is 10.1. The Hall–Kier alpha value is -1.93. The van der Waals surface area contributed by atoms with E-state index in [4.69, 9.17) is 11.6 Å². The van der Waals surface area contributed by atoms with E-state index >= 15 is 0 Å². The van der Waals surface area contributed by atoms with E-state index in [-0.39, 0.29) is 0 Å². The highest BCUT2D eigenvalue weighted by molar-refractivity contribution is 6.30. The minimum atomic E-state index is 0.322. The summed E-state index contributed by atoms with van der Waals surface area (Å²) < 4.78 is 0. The lowest BCUT2D eigenvalue weighted by atomic mass is 10.0. The molecule has 1 heterocycles. The highest BCUT2D eigenvalue weighted by atomic mass is 35.5. The lowest BCUT2D eigenvalue weighted by molar-refractivity contribution is 0.831. The zero-order chi connectivity index (χ0) is 15.0. The van der Waals surface area contributed by atoms with Crippen molar-refractivity contribution in [1.29, 1.82) is 0 Å². The molecule has 0 spiro atoms. The summed E-state index contributed by atoms with van der Waals surface area (Å²) in [7, 11) is 0. The Bertz CT molecular complexity index is 786. The molecule has 0 amide bonds. The molecule has 0 unspecified atom stereocenters. The van der Waals surface area contributed by atoms with Crippen LogP contribution < -0.4 is 0 Å². The molecule has 21 heavy (non-hydrogen) atoms. The lowest BCUT2D eigenvalue weighted by Gasteiger charge is -2.12. The van der Waals surface area contributed by atoms with Gasteiger partial charge in [-0.1, -0.05) is 61.8 Å². The normalized spacial score (nSPS) is 11.3. The molecule has 0 fully saturated rings. The van der Waals surface area contributed by atoms with Crippen LogP contribution in [-0.4, -0.2) is 9.97 Å². The van der Waals surface area contributed by atoms with Gasteiger partial charge in [-0.15, -0.1) is 0 Å². The first kappa shape index (κ1) is 14.0. The van der Waals surface area contributed by atoms with Gasteiger partial charge < -0.3 is 0 Å². The van der Waals surface area contributed by atoms with Crippen molar-refractivity contribution in [3.8, 4) is 11.4 Å². The van der Waals surface area contributed by atoms with Crippen molar-refractivity contribution in [2.75, 3.05) is 0 Å². The summed E-state index contributed by atoms with van der Waals surface area (Å²) >= 11 is 6.35. The average Bonchev–Trinajstić information content (AvgIpc) is 2.45. The Balaban J connectivity index is 2.14. The molecule has 0 saturated heterocycles. The standard InChI is InChI=1S/C18H17ClN2/c1-11(2)16-12(3)20-18(21-17(16)19)15-9-8-13-6-4-5-7-14(13)10-15/h4-11H,1-3H3. The van der Waals surface area contributed by atoms with Crippen LogP contribution >= 0.6 is 11.6 Å². The largest absolute Gasteiger partial charge is 0.233 e. The summed E-state index contributed by atoms with van der Waals surface area (Å²) in [6, 6.07) is 14.5. The summed E-state index contributed by atoms with van der Waals surface area (Å²) in [5, 5.41) is 2.95. The smallest absolute Gasteiger partial charge is 0.161 e. The van der Waals surface area contributed by atoms with Gasteiger partial charge >= 0.3 is 0 Å². The Labute approximate surface area is 129 Å². The Morgan fingerprint density at radius 3 is 2.33 bits per heavy atom. The van der Waals surface area contributed by atoms with Crippen LogP contribution in [0, 0.1) is 6.92 Å². The minimum Gasteiger partial charge on any atom is -0.233 e. The Morgan fingerprint density at radius 1 is 0.952 bits per heavy atom. The molecular formula is C18H17ClN2. The number of nitrogens with zero attached hydrogens (tertiary/aromatic N) is 2. The minimum absolute atomic E-state index is 0.322. The molecular weight excluding hydrogens is 280 g/mol. The van der Waals surface area contributed by atoms with Crippen molar-refractivity contribution in [2.45, 2.75) is 26.7 Å². The SMILES string of the molecule is Cc1nc(-c2ccc3ccccc3c2)nc(Cl)c1C(C)C. The average molecular weight is 297 g/mol. The van der Waals surface area contributed by atoms with Crippen LogP contribution in [0.5, 0.6) is 0 Å². The summed E-state index contributed by atoms with van der Waals surface area (Å²) in [6.45, 7) is 6.20. The number of aromatic nitrogens is 2. The third kappa shape index (κ3) is 2.64. The third-order valence-corrected chi connectivity index (χ3v) is 3.96. The topological polar surface area (TPSA) is 25.8 Å². The van der Waals surface area contributed by atoms with Gasteiger partial charge in [-0.25, -0.2) is 9.97 Å². The van der Waals surface area contributed by atoms with Gasteiger partial charge in [-0.2, -0.15) is 0 Å². The van der Waals surface area contributed by atoms with Crippen LogP contribution in [0.25, 0.3) is 22.2 Å². The summed E-state index contributed by atoms with van der Waals surface area (Å²) in [4.78, 5) is 9.12. The van der Waals surface area contributed by atoms with E-state index in [1.54, 1.807) is 0 Å². The van der Waals surface area contributed by atoms with E-state index in [0.29, 0.717) is 16.9 Å². The quantitative estimate of drug-likeness (QED) is 0.593. The highest BCUT2D eigenvalue weighted by Gasteiger charge is 2.14. The van der Waals surface area contributed by atoms with Gasteiger partial charge in [0, 0.05) is 16.8 Å². The second-order valence-corrected chi connectivity index (χ2v) is 5.91. The van der Waals surface area contributed by atoms with Crippen molar-refractivity contribution in [2.24, 2.45) is 0 Å². The predicted octanol–water partition coefficient (Wildman–Crippen LogP) is 5.38. The molecule has 0 aliphatic rings. The van der Waals surface area contributed by atoms with Crippen molar-refractivity contribution in [3.63, 3.8) is 0 Å². The fourth-order valence-electron chi connectivity index (χ4n) is 2.66. The van der Waals surface area contributed by atoms with Crippen LogP contribution in [0.4, 0.5) is 0 Å². The second-order valence-electron chi connectivity index (χ2n) is 5.55. The van der Waals surface area contributed by atoms with Crippen LogP contribution in [0.15, 0.2) is 42.5 Å². The zero-order valence-corrected chi connectivity index (χ0v) is 13.1. The molecule has 0 atom stereocenters. The molecule has 2 aromatic carbocycles. The molecule has 1 aromatic heterocycles. The van der Waals surface area contributed by atoms with Crippen LogP contribution in [0.1, 0.15) is 31.0 Å². The van der Waals surface area contributed by atoms with Gasteiger partial charge in [0.05, 0.1) is 0 Å².